The molecule has 0 aromatic heterocycles. The molecule has 0 aliphatic heterocycles. The molecule has 0 saturated heterocycles. The third kappa shape index (κ3) is 2.50. The van der Waals surface area contributed by atoms with Crippen LogP contribution >= 0.6 is 35.2 Å². The first-order valence-corrected chi connectivity index (χ1v) is 4.89. The van der Waals surface area contributed by atoms with Crippen LogP contribution in [-0.2, 0) is 6.42 Å². The SMILES string of the molecule is SCCc1ccc(I)cc1. The van der Waals surface area contributed by atoms with E-state index in [0.717, 1.165) is 12.2 Å². The lowest BCUT2D eigenvalue weighted by Gasteiger charge is -1.96. The van der Waals surface area contributed by atoms with Gasteiger partial charge in [0.15, 0.2) is 0 Å². The summed E-state index contributed by atoms with van der Waals surface area (Å²) in [6.07, 6.45) is 1.07. The molecule has 0 nitrogen and oxygen atoms in total. The van der Waals surface area contributed by atoms with Crippen LogP contribution in [-0.4, -0.2) is 5.75 Å². The number of rotatable bonds is 2. The van der Waals surface area contributed by atoms with Crippen LogP contribution in [0.4, 0.5) is 0 Å². The second kappa shape index (κ2) is 4.23. The number of thiol groups is 1. The van der Waals surface area contributed by atoms with E-state index in [1.807, 2.05) is 0 Å². The Bertz CT molecular complexity index is 193. The fourth-order valence-corrected chi connectivity index (χ4v) is 1.40. The van der Waals surface area contributed by atoms with E-state index < -0.39 is 0 Å². The standard InChI is InChI=1S/C8H9IS/c9-8-3-1-7(2-4-8)5-6-10/h1-4,10H,5-6H2. The molecule has 0 amide bonds. The molecule has 0 bridgehead atoms. The third-order valence-corrected chi connectivity index (χ3v) is 2.26. The molecule has 0 saturated carbocycles. The van der Waals surface area contributed by atoms with E-state index in [-0.39, 0.29) is 0 Å². The summed E-state index contributed by atoms with van der Waals surface area (Å²) in [5, 5.41) is 0. The maximum atomic E-state index is 4.16. The van der Waals surface area contributed by atoms with Crippen LogP contribution in [0.5, 0.6) is 0 Å². The fraction of sp³-hybridized carbons (Fsp3) is 0.250. The van der Waals surface area contributed by atoms with Gasteiger partial charge < -0.3 is 0 Å². The van der Waals surface area contributed by atoms with Crippen molar-refractivity contribution in [3.8, 4) is 0 Å². The topological polar surface area (TPSA) is 0 Å². The second-order valence-electron chi connectivity index (χ2n) is 2.10. The molecule has 0 spiro atoms. The average Bonchev–Trinajstić information content (AvgIpc) is 1.95. The summed E-state index contributed by atoms with van der Waals surface area (Å²) in [7, 11) is 0. The van der Waals surface area contributed by atoms with E-state index >= 15 is 0 Å². The van der Waals surface area contributed by atoms with Gasteiger partial charge in [0.05, 0.1) is 0 Å². The van der Waals surface area contributed by atoms with Crippen molar-refractivity contribution in [3.05, 3.63) is 33.4 Å². The van der Waals surface area contributed by atoms with E-state index in [9.17, 15) is 0 Å². The largest absolute Gasteiger partial charge is 0.179 e. The predicted molar refractivity (Wildman–Crippen MR) is 56.7 cm³/mol. The summed E-state index contributed by atoms with van der Waals surface area (Å²) in [6, 6.07) is 8.55. The molecule has 10 heavy (non-hydrogen) atoms. The summed E-state index contributed by atoms with van der Waals surface area (Å²) >= 11 is 6.46. The Kier molecular flexibility index (Phi) is 3.56. The minimum atomic E-state index is 0.931. The van der Waals surface area contributed by atoms with E-state index in [1.54, 1.807) is 0 Å². The smallest absolute Gasteiger partial charge is 0.0130 e. The van der Waals surface area contributed by atoms with Gasteiger partial charge in [-0.25, -0.2) is 0 Å². The summed E-state index contributed by atoms with van der Waals surface area (Å²) in [6.45, 7) is 0. The number of halogens is 1. The molecule has 0 atom stereocenters. The lowest BCUT2D eigenvalue weighted by molar-refractivity contribution is 1.16. The van der Waals surface area contributed by atoms with Crippen LogP contribution in [0.25, 0.3) is 0 Å². The highest BCUT2D eigenvalue weighted by atomic mass is 127. The van der Waals surface area contributed by atoms with Crippen LogP contribution < -0.4 is 0 Å². The first-order valence-electron chi connectivity index (χ1n) is 3.18. The highest BCUT2D eigenvalue weighted by molar-refractivity contribution is 14.1. The Labute approximate surface area is 80.6 Å². The molecule has 0 unspecified atom stereocenters. The van der Waals surface area contributed by atoms with Gasteiger partial charge >= 0.3 is 0 Å². The van der Waals surface area contributed by atoms with Gasteiger partial charge in [0.2, 0.25) is 0 Å². The molecule has 0 aliphatic carbocycles. The second-order valence-corrected chi connectivity index (χ2v) is 3.79. The van der Waals surface area contributed by atoms with Crippen molar-refractivity contribution in [1.29, 1.82) is 0 Å². The highest BCUT2D eigenvalue weighted by Gasteiger charge is 1.89. The number of benzene rings is 1. The van der Waals surface area contributed by atoms with Gasteiger partial charge in [0, 0.05) is 3.57 Å². The van der Waals surface area contributed by atoms with E-state index in [1.165, 1.54) is 9.13 Å². The summed E-state index contributed by atoms with van der Waals surface area (Å²) in [5.41, 5.74) is 1.37. The molecule has 2 heteroatoms. The molecule has 0 heterocycles. The van der Waals surface area contributed by atoms with Crippen molar-refractivity contribution in [2.24, 2.45) is 0 Å². The van der Waals surface area contributed by atoms with Crippen LogP contribution in [0.15, 0.2) is 24.3 Å². The summed E-state index contributed by atoms with van der Waals surface area (Å²) in [5.74, 6) is 0.931. The van der Waals surface area contributed by atoms with Crippen LogP contribution in [0.3, 0.4) is 0 Å². The molecule has 0 fully saturated rings. The van der Waals surface area contributed by atoms with Crippen LogP contribution in [0, 0.1) is 3.57 Å². The fourth-order valence-electron chi connectivity index (χ4n) is 0.780. The van der Waals surface area contributed by atoms with Gasteiger partial charge in [-0.05, 0) is 52.5 Å². The van der Waals surface area contributed by atoms with Gasteiger partial charge in [-0.3, -0.25) is 0 Å². The Morgan fingerprint density at radius 2 is 1.80 bits per heavy atom. The van der Waals surface area contributed by atoms with Crippen molar-refractivity contribution < 1.29 is 0 Å². The van der Waals surface area contributed by atoms with E-state index in [2.05, 4.69) is 59.5 Å². The van der Waals surface area contributed by atoms with Crippen molar-refractivity contribution >= 4 is 35.2 Å². The lowest BCUT2D eigenvalue weighted by Crippen LogP contribution is -1.84. The molecule has 0 radical (unpaired) electrons. The highest BCUT2D eigenvalue weighted by Crippen LogP contribution is 2.07. The summed E-state index contributed by atoms with van der Waals surface area (Å²) in [4.78, 5) is 0. The zero-order chi connectivity index (χ0) is 7.40. The summed E-state index contributed by atoms with van der Waals surface area (Å²) < 4.78 is 1.29. The van der Waals surface area contributed by atoms with Gasteiger partial charge in [0.1, 0.15) is 0 Å². The number of hydrogen-bond acceptors (Lipinski definition) is 1. The monoisotopic (exact) mass is 264 g/mol. The Hall–Kier alpha value is 0.300. The molecule has 0 aliphatic rings. The third-order valence-electron chi connectivity index (χ3n) is 1.31. The molecule has 1 rings (SSSR count). The quantitative estimate of drug-likeness (QED) is 0.616. The first-order chi connectivity index (χ1) is 4.83. The van der Waals surface area contributed by atoms with Crippen LogP contribution in [0.1, 0.15) is 5.56 Å². The maximum absolute atomic E-state index is 4.16. The van der Waals surface area contributed by atoms with Crippen molar-refractivity contribution in [1.82, 2.24) is 0 Å². The number of hydrogen-bond donors (Lipinski definition) is 1. The zero-order valence-corrected chi connectivity index (χ0v) is 8.60. The Balaban J connectivity index is 2.69. The van der Waals surface area contributed by atoms with Crippen molar-refractivity contribution in [3.63, 3.8) is 0 Å². The predicted octanol–water partition coefficient (Wildman–Crippen LogP) is 2.76. The Morgan fingerprint density at radius 1 is 1.20 bits per heavy atom. The van der Waals surface area contributed by atoms with Gasteiger partial charge in [0.25, 0.3) is 0 Å². The molecule has 1 aromatic rings. The Morgan fingerprint density at radius 3 is 2.30 bits per heavy atom. The zero-order valence-electron chi connectivity index (χ0n) is 5.55. The van der Waals surface area contributed by atoms with Crippen LogP contribution in [0.2, 0.25) is 0 Å². The molecule has 54 valence electrons. The molecular formula is C8H9IS. The lowest BCUT2D eigenvalue weighted by atomic mass is 10.2. The minimum Gasteiger partial charge on any atom is -0.179 e. The molecular weight excluding hydrogens is 255 g/mol. The number of aryl methyl sites for hydroxylation is 1. The van der Waals surface area contributed by atoms with Gasteiger partial charge in [-0.1, -0.05) is 12.1 Å². The molecule has 1 aromatic carbocycles. The van der Waals surface area contributed by atoms with Crippen molar-refractivity contribution in [2.75, 3.05) is 5.75 Å². The van der Waals surface area contributed by atoms with Gasteiger partial charge in [-0.2, -0.15) is 12.6 Å². The average molecular weight is 264 g/mol. The van der Waals surface area contributed by atoms with E-state index in [4.69, 9.17) is 0 Å². The minimum absolute atomic E-state index is 0.931. The normalized spacial score (nSPS) is 9.80. The van der Waals surface area contributed by atoms with Crippen molar-refractivity contribution in [2.45, 2.75) is 6.42 Å². The van der Waals surface area contributed by atoms with Gasteiger partial charge in [-0.15, -0.1) is 0 Å². The molecule has 0 N–H and O–H groups in total. The van der Waals surface area contributed by atoms with E-state index in [0.29, 0.717) is 0 Å². The first kappa shape index (κ1) is 8.40. The maximum Gasteiger partial charge on any atom is 0.0130 e.